The summed E-state index contributed by atoms with van der Waals surface area (Å²) in [5.41, 5.74) is 0.684. The van der Waals surface area contributed by atoms with E-state index in [9.17, 15) is 14.4 Å². The van der Waals surface area contributed by atoms with E-state index in [1.54, 1.807) is 23.1 Å². The molecule has 0 bridgehead atoms. The minimum Gasteiger partial charge on any atom is -0.486 e. The third kappa shape index (κ3) is 4.78. The Morgan fingerprint density at radius 1 is 1.10 bits per heavy atom. The summed E-state index contributed by atoms with van der Waals surface area (Å²) in [6.45, 7) is 5.08. The van der Waals surface area contributed by atoms with Gasteiger partial charge in [0.15, 0.2) is 11.5 Å². The minimum atomic E-state index is -0.605. The van der Waals surface area contributed by atoms with Gasteiger partial charge in [-0.3, -0.25) is 14.4 Å². The number of benzene rings is 1. The molecule has 1 unspecified atom stereocenters. The van der Waals surface area contributed by atoms with Gasteiger partial charge >= 0.3 is 0 Å². The van der Waals surface area contributed by atoms with Crippen LogP contribution in [0.4, 0.5) is 5.69 Å². The van der Waals surface area contributed by atoms with Gasteiger partial charge in [0.2, 0.25) is 17.7 Å². The van der Waals surface area contributed by atoms with Crippen molar-refractivity contribution in [3.8, 4) is 11.5 Å². The fourth-order valence-corrected chi connectivity index (χ4v) is 4.50. The molecule has 1 aromatic carbocycles. The molecule has 0 aromatic heterocycles. The van der Waals surface area contributed by atoms with Gasteiger partial charge in [-0.15, -0.1) is 0 Å². The average Bonchev–Trinajstić information content (AvgIpc) is 3.40. The van der Waals surface area contributed by atoms with Crippen LogP contribution in [0.25, 0.3) is 0 Å². The molecule has 1 saturated heterocycles. The van der Waals surface area contributed by atoms with E-state index in [4.69, 9.17) is 9.47 Å². The Morgan fingerprint density at radius 3 is 2.52 bits per heavy atom. The summed E-state index contributed by atoms with van der Waals surface area (Å²) < 4.78 is 11.1. The van der Waals surface area contributed by atoms with Crippen molar-refractivity contribution in [3.05, 3.63) is 18.2 Å². The molecule has 0 spiro atoms. The highest BCUT2D eigenvalue weighted by atomic mass is 16.6. The van der Waals surface area contributed by atoms with Gasteiger partial charge in [0.1, 0.15) is 19.3 Å². The number of nitrogens with one attached hydrogen (secondary N) is 2. The van der Waals surface area contributed by atoms with Gasteiger partial charge in [-0.05, 0) is 30.9 Å². The second-order valence-electron chi connectivity index (χ2n) is 8.95. The number of nitrogens with zero attached hydrogens (tertiary/aromatic N) is 1. The molecule has 1 saturated carbocycles. The number of hydrogen-bond donors (Lipinski definition) is 2. The van der Waals surface area contributed by atoms with Crippen LogP contribution in [0.5, 0.6) is 11.5 Å². The number of carbonyl (C=O) groups is 3. The van der Waals surface area contributed by atoms with Crippen LogP contribution in [0.15, 0.2) is 18.2 Å². The molecular weight excluding hydrogens is 398 g/mol. The maximum atomic E-state index is 12.9. The van der Waals surface area contributed by atoms with Crippen LogP contribution in [0.3, 0.4) is 0 Å². The number of rotatable bonds is 6. The third-order valence-electron chi connectivity index (χ3n) is 6.28. The SMILES string of the molecule is CC(C)[C@H](NC(=O)C1CC(=O)N(c2ccc3c(c2)OCCO3)C1)C(=O)NC1CCCC1. The number of anilines is 1. The van der Waals surface area contributed by atoms with Crippen molar-refractivity contribution >= 4 is 23.4 Å². The highest BCUT2D eigenvalue weighted by molar-refractivity contribution is 6.01. The zero-order chi connectivity index (χ0) is 22.0. The molecule has 168 valence electrons. The zero-order valence-corrected chi connectivity index (χ0v) is 18.2. The van der Waals surface area contributed by atoms with Crippen molar-refractivity contribution in [3.63, 3.8) is 0 Å². The fraction of sp³-hybridized carbons (Fsp3) is 0.609. The normalized spacial score (nSPS) is 22.0. The number of amides is 3. The van der Waals surface area contributed by atoms with E-state index < -0.39 is 12.0 Å². The largest absolute Gasteiger partial charge is 0.486 e. The predicted molar refractivity (Wildman–Crippen MR) is 115 cm³/mol. The van der Waals surface area contributed by atoms with Crippen LogP contribution in [-0.4, -0.2) is 49.6 Å². The lowest BCUT2D eigenvalue weighted by atomic mass is 10.0. The molecular formula is C23H31N3O5. The number of carbonyl (C=O) groups excluding carboxylic acids is 3. The van der Waals surface area contributed by atoms with Crippen LogP contribution >= 0.6 is 0 Å². The molecule has 1 aliphatic carbocycles. The number of hydrogen-bond acceptors (Lipinski definition) is 5. The Kier molecular flexibility index (Phi) is 6.34. The summed E-state index contributed by atoms with van der Waals surface area (Å²) in [4.78, 5) is 39.9. The predicted octanol–water partition coefficient (Wildman–Crippen LogP) is 2.01. The summed E-state index contributed by atoms with van der Waals surface area (Å²) >= 11 is 0. The second kappa shape index (κ2) is 9.16. The van der Waals surface area contributed by atoms with E-state index in [2.05, 4.69) is 10.6 Å². The summed E-state index contributed by atoms with van der Waals surface area (Å²) in [5.74, 6) is 0.208. The van der Waals surface area contributed by atoms with Gasteiger partial charge in [0.25, 0.3) is 0 Å². The van der Waals surface area contributed by atoms with E-state index in [1.165, 1.54) is 0 Å². The molecule has 0 radical (unpaired) electrons. The van der Waals surface area contributed by atoms with Gasteiger partial charge in [-0.2, -0.15) is 0 Å². The van der Waals surface area contributed by atoms with Crippen LogP contribution in [0, 0.1) is 11.8 Å². The lowest BCUT2D eigenvalue weighted by Gasteiger charge is -2.25. The Labute approximate surface area is 182 Å². The first-order valence-corrected chi connectivity index (χ1v) is 11.2. The quantitative estimate of drug-likeness (QED) is 0.721. The van der Waals surface area contributed by atoms with E-state index in [0.717, 1.165) is 25.7 Å². The van der Waals surface area contributed by atoms with Crippen LogP contribution < -0.4 is 25.0 Å². The molecule has 8 nitrogen and oxygen atoms in total. The topological polar surface area (TPSA) is 97.0 Å². The minimum absolute atomic E-state index is 0.0450. The van der Waals surface area contributed by atoms with E-state index in [1.807, 2.05) is 13.8 Å². The Bertz CT molecular complexity index is 850. The molecule has 2 N–H and O–H groups in total. The molecule has 31 heavy (non-hydrogen) atoms. The lowest BCUT2D eigenvalue weighted by molar-refractivity contribution is -0.132. The second-order valence-corrected chi connectivity index (χ2v) is 8.95. The molecule has 2 heterocycles. The first-order chi connectivity index (χ1) is 14.9. The number of fused-ring (bicyclic) bond motifs is 1. The van der Waals surface area contributed by atoms with E-state index in [-0.39, 0.29) is 42.6 Å². The average molecular weight is 430 g/mol. The maximum absolute atomic E-state index is 12.9. The molecule has 2 aliphatic heterocycles. The smallest absolute Gasteiger partial charge is 0.243 e. The first-order valence-electron chi connectivity index (χ1n) is 11.2. The van der Waals surface area contributed by atoms with E-state index in [0.29, 0.717) is 30.4 Å². The van der Waals surface area contributed by atoms with Crippen LogP contribution in [-0.2, 0) is 14.4 Å². The monoisotopic (exact) mass is 429 g/mol. The summed E-state index contributed by atoms with van der Waals surface area (Å²) in [7, 11) is 0. The summed E-state index contributed by atoms with van der Waals surface area (Å²) in [6.07, 6.45) is 4.36. The molecule has 1 aromatic rings. The fourth-order valence-electron chi connectivity index (χ4n) is 4.50. The van der Waals surface area contributed by atoms with Crippen molar-refractivity contribution in [1.29, 1.82) is 0 Å². The Balaban J connectivity index is 1.39. The highest BCUT2D eigenvalue weighted by Gasteiger charge is 2.37. The molecule has 3 amide bonds. The van der Waals surface area contributed by atoms with Crippen LogP contribution in [0.2, 0.25) is 0 Å². The van der Waals surface area contributed by atoms with Gasteiger partial charge < -0.3 is 25.0 Å². The van der Waals surface area contributed by atoms with E-state index >= 15 is 0 Å². The Morgan fingerprint density at radius 2 is 1.81 bits per heavy atom. The van der Waals surface area contributed by atoms with Gasteiger partial charge in [-0.25, -0.2) is 0 Å². The molecule has 4 rings (SSSR count). The van der Waals surface area contributed by atoms with Crippen molar-refractivity contribution in [2.75, 3.05) is 24.7 Å². The maximum Gasteiger partial charge on any atom is 0.243 e. The van der Waals surface area contributed by atoms with Crippen molar-refractivity contribution in [2.24, 2.45) is 11.8 Å². The zero-order valence-electron chi connectivity index (χ0n) is 18.2. The summed E-state index contributed by atoms with van der Waals surface area (Å²) in [6, 6.07) is 4.96. The van der Waals surface area contributed by atoms with Crippen molar-refractivity contribution in [2.45, 2.75) is 58.0 Å². The van der Waals surface area contributed by atoms with Crippen LogP contribution in [0.1, 0.15) is 46.0 Å². The van der Waals surface area contributed by atoms with Crippen molar-refractivity contribution in [1.82, 2.24) is 10.6 Å². The number of ether oxygens (including phenoxy) is 2. The third-order valence-corrected chi connectivity index (χ3v) is 6.28. The van der Waals surface area contributed by atoms with Gasteiger partial charge in [-0.1, -0.05) is 26.7 Å². The lowest BCUT2D eigenvalue weighted by Crippen LogP contribution is -2.53. The summed E-state index contributed by atoms with van der Waals surface area (Å²) in [5, 5.41) is 5.97. The molecule has 8 heteroatoms. The molecule has 3 aliphatic rings. The van der Waals surface area contributed by atoms with Gasteiger partial charge in [0.05, 0.1) is 5.92 Å². The highest BCUT2D eigenvalue weighted by Crippen LogP contribution is 2.36. The molecule has 2 atom stereocenters. The molecule has 2 fully saturated rings. The standard InChI is InChI=1S/C23H31N3O5/c1-14(2)21(23(29)24-16-5-3-4-6-16)25-22(28)15-11-20(27)26(13-15)17-7-8-18-19(12-17)31-10-9-30-18/h7-8,12,14-16,21H,3-6,9-11,13H2,1-2H3,(H,24,29)(H,25,28)/t15?,21-/m0/s1. The van der Waals surface area contributed by atoms with Gasteiger partial charge in [0, 0.05) is 30.8 Å². The Hall–Kier alpha value is -2.77. The van der Waals surface area contributed by atoms with Crippen molar-refractivity contribution < 1.29 is 23.9 Å². The first kappa shape index (κ1) is 21.5.